The highest BCUT2D eigenvalue weighted by atomic mass is 32.1. The summed E-state index contributed by atoms with van der Waals surface area (Å²) in [5.41, 5.74) is 1.57. The van der Waals surface area contributed by atoms with E-state index in [9.17, 15) is 4.79 Å². The smallest absolute Gasteiger partial charge is 0.265 e. The molecular formula is C16H19N3OS2. The van der Waals surface area contributed by atoms with Crippen molar-refractivity contribution < 1.29 is 4.79 Å². The molecule has 0 radical (unpaired) electrons. The first-order valence-corrected chi connectivity index (χ1v) is 9.50. The average Bonchev–Trinajstić information content (AvgIpc) is 3.29. The lowest BCUT2D eigenvalue weighted by Gasteiger charge is -2.38. The molecule has 2 fully saturated rings. The van der Waals surface area contributed by atoms with Crippen LogP contribution in [0.3, 0.4) is 0 Å². The van der Waals surface area contributed by atoms with Gasteiger partial charge in [-0.3, -0.25) is 4.79 Å². The van der Waals surface area contributed by atoms with Crippen molar-refractivity contribution in [3.8, 4) is 10.6 Å². The summed E-state index contributed by atoms with van der Waals surface area (Å²) in [6.45, 7) is 4.02. The lowest BCUT2D eigenvalue weighted by atomic mass is 9.78. The third-order valence-electron chi connectivity index (χ3n) is 4.93. The molecule has 0 aromatic carbocycles. The van der Waals surface area contributed by atoms with Crippen molar-refractivity contribution in [2.24, 2.45) is 5.41 Å². The predicted molar refractivity (Wildman–Crippen MR) is 90.5 cm³/mol. The zero-order chi connectivity index (χ0) is 15.0. The molecule has 0 unspecified atom stereocenters. The minimum Gasteiger partial charge on any atom is -0.338 e. The van der Waals surface area contributed by atoms with Crippen LogP contribution in [0.1, 0.15) is 28.9 Å². The van der Waals surface area contributed by atoms with Gasteiger partial charge in [0.15, 0.2) is 0 Å². The van der Waals surface area contributed by atoms with Gasteiger partial charge in [0.25, 0.3) is 5.91 Å². The van der Waals surface area contributed by atoms with E-state index in [-0.39, 0.29) is 5.91 Å². The van der Waals surface area contributed by atoms with Crippen molar-refractivity contribution in [2.45, 2.75) is 19.3 Å². The van der Waals surface area contributed by atoms with Crippen molar-refractivity contribution in [1.82, 2.24) is 15.2 Å². The van der Waals surface area contributed by atoms with Gasteiger partial charge in [0.2, 0.25) is 0 Å². The van der Waals surface area contributed by atoms with Crippen LogP contribution in [0.15, 0.2) is 23.0 Å². The molecular weight excluding hydrogens is 314 g/mol. The van der Waals surface area contributed by atoms with Gasteiger partial charge in [-0.05, 0) is 42.7 Å². The number of piperidine rings is 1. The first-order valence-electron chi connectivity index (χ1n) is 7.74. The van der Waals surface area contributed by atoms with E-state index >= 15 is 0 Å². The van der Waals surface area contributed by atoms with E-state index in [1.54, 1.807) is 17.5 Å². The van der Waals surface area contributed by atoms with Crippen molar-refractivity contribution in [2.75, 3.05) is 26.2 Å². The second-order valence-electron chi connectivity index (χ2n) is 6.26. The first kappa shape index (κ1) is 14.4. The highest BCUT2D eigenvalue weighted by Crippen LogP contribution is 2.37. The summed E-state index contributed by atoms with van der Waals surface area (Å²) in [6, 6.07) is 2.05. The van der Waals surface area contributed by atoms with E-state index < -0.39 is 0 Å². The van der Waals surface area contributed by atoms with Gasteiger partial charge in [-0.25, -0.2) is 4.98 Å². The number of hydrogen-bond acceptors (Lipinski definition) is 5. The second-order valence-corrected chi connectivity index (χ2v) is 8.07. The van der Waals surface area contributed by atoms with Crippen LogP contribution >= 0.6 is 22.7 Å². The lowest BCUT2D eigenvalue weighted by Crippen LogP contribution is -2.43. The topological polar surface area (TPSA) is 45.2 Å². The van der Waals surface area contributed by atoms with Crippen LogP contribution in [0.4, 0.5) is 0 Å². The monoisotopic (exact) mass is 333 g/mol. The van der Waals surface area contributed by atoms with Gasteiger partial charge in [0, 0.05) is 30.6 Å². The van der Waals surface area contributed by atoms with E-state index in [1.807, 2.05) is 10.3 Å². The Balaban J connectivity index is 1.44. The first-order chi connectivity index (χ1) is 10.8. The Morgan fingerprint density at radius 2 is 2.18 bits per heavy atom. The minimum absolute atomic E-state index is 0.153. The molecule has 2 aromatic rings. The molecule has 6 heteroatoms. The predicted octanol–water partition coefficient (Wildman–Crippen LogP) is 3.09. The van der Waals surface area contributed by atoms with E-state index in [1.165, 1.54) is 17.8 Å². The van der Waals surface area contributed by atoms with Crippen LogP contribution in [0.2, 0.25) is 0 Å². The minimum atomic E-state index is 0.153. The zero-order valence-electron chi connectivity index (χ0n) is 12.4. The summed E-state index contributed by atoms with van der Waals surface area (Å²) in [4.78, 5) is 19.9. The summed E-state index contributed by atoms with van der Waals surface area (Å²) < 4.78 is 0. The highest BCUT2D eigenvalue weighted by Gasteiger charge is 2.38. The summed E-state index contributed by atoms with van der Waals surface area (Å²) in [5.74, 6) is 0.153. The quantitative estimate of drug-likeness (QED) is 0.918. The number of aromatic nitrogens is 1. The fraction of sp³-hybridized carbons (Fsp3) is 0.500. The van der Waals surface area contributed by atoms with Crippen molar-refractivity contribution in [1.29, 1.82) is 0 Å². The molecule has 4 nitrogen and oxygen atoms in total. The van der Waals surface area contributed by atoms with Crippen LogP contribution in [-0.2, 0) is 0 Å². The van der Waals surface area contributed by atoms with Crippen LogP contribution < -0.4 is 5.32 Å². The maximum atomic E-state index is 12.7. The van der Waals surface area contributed by atoms with E-state index in [0.717, 1.165) is 54.5 Å². The molecule has 0 saturated carbocycles. The van der Waals surface area contributed by atoms with Gasteiger partial charge in [0.05, 0.1) is 6.20 Å². The van der Waals surface area contributed by atoms with Crippen molar-refractivity contribution in [3.05, 3.63) is 27.9 Å². The number of thiophene rings is 1. The standard InChI is InChI=1S/C16H19N3OS2/c20-15(13-9-18-14(22-13)12-1-8-21-10-12)19-6-3-16(4-7-19)2-5-17-11-16/h1,8-10,17H,2-7,11H2. The third-order valence-corrected chi connectivity index (χ3v) is 6.65. The summed E-state index contributed by atoms with van der Waals surface area (Å²) >= 11 is 3.16. The van der Waals surface area contributed by atoms with E-state index in [0.29, 0.717) is 5.41 Å². The Kier molecular flexibility index (Phi) is 3.76. The number of hydrogen-bond donors (Lipinski definition) is 1. The van der Waals surface area contributed by atoms with Gasteiger partial charge in [-0.1, -0.05) is 0 Å². The van der Waals surface area contributed by atoms with Gasteiger partial charge < -0.3 is 10.2 Å². The molecule has 22 heavy (non-hydrogen) atoms. The number of carbonyl (C=O) groups excluding carboxylic acids is 1. The van der Waals surface area contributed by atoms with Crippen LogP contribution in [-0.4, -0.2) is 42.0 Å². The molecule has 4 heterocycles. The highest BCUT2D eigenvalue weighted by molar-refractivity contribution is 7.17. The van der Waals surface area contributed by atoms with Gasteiger partial charge in [-0.15, -0.1) is 11.3 Å². The van der Waals surface area contributed by atoms with E-state index in [4.69, 9.17) is 0 Å². The number of likely N-dealkylation sites (tertiary alicyclic amines) is 1. The van der Waals surface area contributed by atoms with Gasteiger partial charge in [0.1, 0.15) is 9.88 Å². The second kappa shape index (κ2) is 5.76. The van der Waals surface area contributed by atoms with Gasteiger partial charge in [-0.2, -0.15) is 11.3 Å². The lowest BCUT2D eigenvalue weighted by molar-refractivity contribution is 0.0612. The Morgan fingerprint density at radius 3 is 2.86 bits per heavy atom. The summed E-state index contributed by atoms with van der Waals surface area (Å²) in [5, 5.41) is 8.52. The maximum absolute atomic E-state index is 12.7. The third kappa shape index (κ3) is 2.59. The molecule has 2 aliphatic heterocycles. The van der Waals surface area contributed by atoms with Crippen molar-refractivity contribution in [3.63, 3.8) is 0 Å². The molecule has 1 spiro atoms. The van der Waals surface area contributed by atoms with Gasteiger partial charge >= 0.3 is 0 Å². The number of rotatable bonds is 2. The van der Waals surface area contributed by atoms with Crippen molar-refractivity contribution >= 4 is 28.6 Å². The van der Waals surface area contributed by atoms with E-state index in [2.05, 4.69) is 21.7 Å². The summed E-state index contributed by atoms with van der Waals surface area (Å²) in [6.07, 6.45) is 5.25. The Bertz CT molecular complexity index is 649. The number of nitrogens with zero attached hydrogens (tertiary/aromatic N) is 2. The molecule has 0 atom stereocenters. The van der Waals surface area contributed by atoms with Crippen LogP contribution in [0.5, 0.6) is 0 Å². The van der Waals surface area contributed by atoms with Crippen LogP contribution in [0, 0.1) is 5.41 Å². The zero-order valence-corrected chi connectivity index (χ0v) is 14.0. The number of carbonyl (C=O) groups is 1. The Morgan fingerprint density at radius 1 is 1.32 bits per heavy atom. The molecule has 0 bridgehead atoms. The Labute approximate surface area is 138 Å². The molecule has 2 aromatic heterocycles. The number of amides is 1. The summed E-state index contributed by atoms with van der Waals surface area (Å²) in [7, 11) is 0. The average molecular weight is 333 g/mol. The fourth-order valence-corrected chi connectivity index (χ4v) is 5.05. The molecule has 2 saturated heterocycles. The fourth-order valence-electron chi connectivity index (χ4n) is 3.45. The normalized spacial score (nSPS) is 20.6. The largest absolute Gasteiger partial charge is 0.338 e. The molecule has 1 amide bonds. The van der Waals surface area contributed by atoms with Crippen LogP contribution in [0.25, 0.3) is 10.6 Å². The molecule has 116 valence electrons. The Hall–Kier alpha value is -1.24. The molecule has 0 aliphatic carbocycles. The molecule has 1 N–H and O–H groups in total. The molecule has 2 aliphatic rings. The molecule has 4 rings (SSSR count). The number of thiazole rings is 1. The SMILES string of the molecule is O=C(c1cnc(-c2ccsc2)s1)N1CCC2(CCNC2)CC1. The maximum Gasteiger partial charge on any atom is 0.265 e. The number of nitrogens with one attached hydrogen (secondary N) is 1.